The van der Waals surface area contributed by atoms with E-state index >= 15 is 0 Å². The largest absolute Gasteiger partial charge is 0.369 e. The van der Waals surface area contributed by atoms with E-state index in [1.807, 2.05) is 4.90 Å². The smallest absolute Gasteiger partial charge is 0.226 e. The molecule has 5 heteroatoms. The van der Waals surface area contributed by atoms with Crippen molar-refractivity contribution in [3.05, 3.63) is 0 Å². The molecule has 2 fully saturated rings. The third-order valence-electron chi connectivity index (χ3n) is 6.18. The van der Waals surface area contributed by atoms with Crippen LogP contribution in [0.4, 0.5) is 0 Å². The second-order valence-electron chi connectivity index (χ2n) is 8.69. The van der Waals surface area contributed by atoms with Crippen molar-refractivity contribution in [3.63, 3.8) is 0 Å². The summed E-state index contributed by atoms with van der Waals surface area (Å²) in [6.07, 6.45) is 8.45. The van der Waals surface area contributed by atoms with Crippen LogP contribution in [0.2, 0.25) is 0 Å². The van der Waals surface area contributed by atoms with E-state index in [2.05, 4.69) is 25.7 Å². The van der Waals surface area contributed by atoms with Gasteiger partial charge in [0.2, 0.25) is 11.8 Å². The van der Waals surface area contributed by atoms with Gasteiger partial charge in [-0.05, 0) is 57.5 Å². The molecule has 2 rings (SSSR count). The number of carbonyl (C=O) groups is 2. The van der Waals surface area contributed by atoms with Gasteiger partial charge in [-0.25, -0.2) is 0 Å². The fourth-order valence-corrected chi connectivity index (χ4v) is 4.77. The number of piperidine rings is 2. The minimum atomic E-state index is -0.324. The van der Waals surface area contributed by atoms with E-state index in [0.717, 1.165) is 38.8 Å². The number of primary amides is 1. The zero-order valence-electron chi connectivity index (χ0n) is 17.1. The Bertz CT molecular complexity index is 452. The highest BCUT2D eigenvalue weighted by molar-refractivity contribution is 5.87. The molecule has 0 aliphatic carbocycles. The predicted molar refractivity (Wildman–Crippen MR) is 106 cm³/mol. The lowest BCUT2D eigenvalue weighted by atomic mass is 9.81. The van der Waals surface area contributed by atoms with Gasteiger partial charge in [0.1, 0.15) is 0 Å². The van der Waals surface area contributed by atoms with Crippen molar-refractivity contribution < 1.29 is 9.59 Å². The van der Waals surface area contributed by atoms with Gasteiger partial charge >= 0.3 is 0 Å². The molecule has 0 radical (unpaired) electrons. The molecule has 0 spiro atoms. The SMILES string of the molecule is CCC[C@H](C(N)=O)[C@@H](CC(C)C)C(=O)N1CCC(N2CCCCC2)CC1. The van der Waals surface area contributed by atoms with E-state index in [9.17, 15) is 9.59 Å². The molecule has 2 amide bonds. The Morgan fingerprint density at radius 3 is 2.12 bits per heavy atom. The first-order valence-electron chi connectivity index (χ1n) is 10.8. The Balaban J connectivity index is 1.98. The van der Waals surface area contributed by atoms with Gasteiger partial charge in [0.15, 0.2) is 0 Å². The monoisotopic (exact) mass is 365 g/mol. The summed E-state index contributed by atoms with van der Waals surface area (Å²) in [6, 6.07) is 0.630. The standard InChI is InChI=1S/C21H39N3O2/c1-4-8-18(20(22)25)19(15-16(2)3)21(26)24-13-9-17(10-14-24)23-11-6-5-7-12-23/h16-19H,4-15H2,1-3H3,(H2,22,25)/t18-,19+/m0/s1. The summed E-state index contributed by atoms with van der Waals surface area (Å²) in [6.45, 7) is 10.4. The molecule has 2 saturated heterocycles. The maximum Gasteiger partial charge on any atom is 0.226 e. The van der Waals surface area contributed by atoms with Crippen LogP contribution in [-0.4, -0.2) is 53.8 Å². The number of hydrogen-bond donors (Lipinski definition) is 1. The second kappa shape index (κ2) is 10.3. The summed E-state index contributed by atoms with van der Waals surface area (Å²) >= 11 is 0. The molecule has 0 aromatic carbocycles. The highest BCUT2D eigenvalue weighted by atomic mass is 16.2. The third-order valence-corrected chi connectivity index (χ3v) is 6.18. The van der Waals surface area contributed by atoms with Crippen molar-refractivity contribution in [1.82, 2.24) is 9.80 Å². The first kappa shape index (κ1) is 21.2. The van der Waals surface area contributed by atoms with Crippen LogP contribution in [0.1, 0.15) is 72.1 Å². The molecular formula is C21H39N3O2. The van der Waals surface area contributed by atoms with Gasteiger partial charge < -0.3 is 15.5 Å². The molecule has 0 aromatic heterocycles. The molecule has 2 N–H and O–H groups in total. The molecule has 0 aromatic rings. The predicted octanol–water partition coefficient (Wildman–Crippen LogP) is 3.03. The number of nitrogens with zero attached hydrogens (tertiary/aromatic N) is 2. The quantitative estimate of drug-likeness (QED) is 0.719. The van der Waals surface area contributed by atoms with Crippen LogP contribution in [0.5, 0.6) is 0 Å². The summed E-state index contributed by atoms with van der Waals surface area (Å²) < 4.78 is 0. The van der Waals surface area contributed by atoms with Crippen LogP contribution in [0, 0.1) is 17.8 Å². The van der Waals surface area contributed by atoms with Crippen LogP contribution in [0.25, 0.3) is 0 Å². The van der Waals surface area contributed by atoms with E-state index in [1.165, 1.54) is 32.4 Å². The van der Waals surface area contributed by atoms with Crippen molar-refractivity contribution >= 4 is 11.8 Å². The number of nitrogens with two attached hydrogens (primary N) is 1. The van der Waals surface area contributed by atoms with Crippen LogP contribution in [0.3, 0.4) is 0 Å². The number of likely N-dealkylation sites (tertiary alicyclic amines) is 2. The van der Waals surface area contributed by atoms with Gasteiger partial charge in [-0.2, -0.15) is 0 Å². The first-order valence-corrected chi connectivity index (χ1v) is 10.8. The van der Waals surface area contributed by atoms with Crippen LogP contribution < -0.4 is 5.73 Å². The number of amides is 2. The van der Waals surface area contributed by atoms with E-state index < -0.39 is 0 Å². The lowest BCUT2D eigenvalue weighted by molar-refractivity contribution is -0.143. The lowest BCUT2D eigenvalue weighted by Crippen LogP contribution is -2.51. The Kier molecular flexibility index (Phi) is 8.39. The van der Waals surface area contributed by atoms with Crippen LogP contribution >= 0.6 is 0 Å². The highest BCUT2D eigenvalue weighted by Crippen LogP contribution is 2.29. The van der Waals surface area contributed by atoms with Crippen LogP contribution in [-0.2, 0) is 9.59 Å². The minimum Gasteiger partial charge on any atom is -0.369 e. The Morgan fingerprint density at radius 2 is 1.62 bits per heavy atom. The number of carbonyl (C=O) groups excluding carboxylic acids is 2. The highest BCUT2D eigenvalue weighted by Gasteiger charge is 2.36. The topological polar surface area (TPSA) is 66.6 Å². The van der Waals surface area contributed by atoms with E-state index in [4.69, 9.17) is 5.73 Å². The molecule has 0 saturated carbocycles. The van der Waals surface area contributed by atoms with Crippen molar-refractivity contribution in [1.29, 1.82) is 0 Å². The van der Waals surface area contributed by atoms with Gasteiger partial charge in [-0.3, -0.25) is 9.59 Å². The van der Waals surface area contributed by atoms with E-state index in [0.29, 0.717) is 18.4 Å². The molecule has 26 heavy (non-hydrogen) atoms. The normalized spacial score (nSPS) is 22.4. The third kappa shape index (κ3) is 5.70. The number of rotatable bonds is 8. The maximum atomic E-state index is 13.2. The second-order valence-corrected chi connectivity index (χ2v) is 8.69. The van der Waals surface area contributed by atoms with Gasteiger partial charge in [0.05, 0.1) is 0 Å². The van der Waals surface area contributed by atoms with Crippen molar-refractivity contribution in [2.45, 2.75) is 78.2 Å². The van der Waals surface area contributed by atoms with Crippen molar-refractivity contribution in [3.8, 4) is 0 Å². The van der Waals surface area contributed by atoms with Crippen LogP contribution in [0.15, 0.2) is 0 Å². The average Bonchev–Trinajstić information content (AvgIpc) is 2.64. The molecule has 150 valence electrons. The fourth-order valence-electron chi connectivity index (χ4n) is 4.77. The fraction of sp³-hybridized carbons (Fsp3) is 0.905. The van der Waals surface area contributed by atoms with Gasteiger partial charge in [0, 0.05) is 31.0 Å². The van der Waals surface area contributed by atoms with Gasteiger partial charge in [0.25, 0.3) is 0 Å². The summed E-state index contributed by atoms with van der Waals surface area (Å²) in [5.74, 6) is -0.343. The molecule has 2 aliphatic heterocycles. The molecule has 0 bridgehead atoms. The molecule has 2 heterocycles. The summed E-state index contributed by atoms with van der Waals surface area (Å²) in [5.41, 5.74) is 5.67. The Hall–Kier alpha value is -1.10. The molecule has 5 nitrogen and oxygen atoms in total. The van der Waals surface area contributed by atoms with Gasteiger partial charge in [-0.15, -0.1) is 0 Å². The average molecular weight is 366 g/mol. The Morgan fingerprint density at radius 1 is 1.00 bits per heavy atom. The molecule has 2 atom stereocenters. The zero-order chi connectivity index (χ0) is 19.1. The summed E-state index contributed by atoms with van der Waals surface area (Å²) in [4.78, 5) is 29.9. The van der Waals surface area contributed by atoms with Crippen molar-refractivity contribution in [2.75, 3.05) is 26.2 Å². The Labute approximate surface area is 159 Å². The summed E-state index contributed by atoms with van der Waals surface area (Å²) in [7, 11) is 0. The number of hydrogen-bond acceptors (Lipinski definition) is 3. The lowest BCUT2D eigenvalue weighted by Gasteiger charge is -2.41. The molecule has 0 unspecified atom stereocenters. The van der Waals surface area contributed by atoms with Gasteiger partial charge in [-0.1, -0.05) is 33.6 Å². The van der Waals surface area contributed by atoms with E-state index in [-0.39, 0.29) is 23.7 Å². The minimum absolute atomic E-state index is 0.160. The van der Waals surface area contributed by atoms with E-state index in [1.54, 1.807) is 0 Å². The van der Waals surface area contributed by atoms with Crippen molar-refractivity contribution in [2.24, 2.45) is 23.5 Å². The maximum absolute atomic E-state index is 13.2. The first-order chi connectivity index (χ1) is 12.4. The molecular weight excluding hydrogens is 326 g/mol. The molecule has 2 aliphatic rings. The summed E-state index contributed by atoms with van der Waals surface area (Å²) in [5, 5.41) is 0. The zero-order valence-corrected chi connectivity index (χ0v) is 17.1.